The molecular formula is C21H23Cl2N3O3S. The molecule has 0 atom stereocenters. The van der Waals surface area contributed by atoms with Crippen molar-refractivity contribution in [1.82, 2.24) is 15.2 Å². The summed E-state index contributed by atoms with van der Waals surface area (Å²) in [5, 5.41) is 6.23. The van der Waals surface area contributed by atoms with Crippen LogP contribution in [0.1, 0.15) is 39.3 Å². The Bertz CT molecular complexity index is 988. The SMILES string of the molecule is CSC1(CNC(=O)c2ccc(C(=O)NCc3ccc(Cl)cc3)c(=O)n2CCCl)CC1. The maximum absolute atomic E-state index is 12.9. The van der Waals surface area contributed by atoms with Gasteiger partial charge in [0.1, 0.15) is 11.3 Å². The van der Waals surface area contributed by atoms with E-state index in [0.29, 0.717) is 11.6 Å². The zero-order valence-corrected chi connectivity index (χ0v) is 18.9. The molecule has 0 aliphatic heterocycles. The first-order valence-electron chi connectivity index (χ1n) is 9.55. The van der Waals surface area contributed by atoms with Gasteiger partial charge in [0.2, 0.25) is 0 Å². The number of rotatable bonds is 9. The molecular weight excluding hydrogens is 445 g/mol. The smallest absolute Gasteiger partial charge is 0.268 e. The first-order valence-corrected chi connectivity index (χ1v) is 11.7. The van der Waals surface area contributed by atoms with Crippen molar-refractivity contribution < 1.29 is 9.59 Å². The molecule has 1 aliphatic rings. The standard InChI is InChI=1S/C21H23Cl2N3O3S/c1-30-21(8-9-21)13-25-19(28)17-7-6-16(20(29)26(17)11-10-22)18(27)24-12-14-2-4-15(23)5-3-14/h2-7H,8-13H2,1H3,(H,24,27)(H,25,28). The van der Waals surface area contributed by atoms with Crippen molar-refractivity contribution in [2.24, 2.45) is 0 Å². The van der Waals surface area contributed by atoms with Crippen LogP contribution >= 0.6 is 35.0 Å². The second kappa shape index (κ2) is 9.90. The van der Waals surface area contributed by atoms with Crippen LogP contribution in [-0.4, -0.2) is 39.8 Å². The van der Waals surface area contributed by atoms with Gasteiger partial charge in [-0.3, -0.25) is 14.4 Å². The highest BCUT2D eigenvalue weighted by atomic mass is 35.5. The van der Waals surface area contributed by atoms with Gasteiger partial charge in [-0.25, -0.2) is 0 Å². The van der Waals surface area contributed by atoms with Crippen LogP contribution in [0.25, 0.3) is 0 Å². The van der Waals surface area contributed by atoms with E-state index in [1.165, 1.54) is 16.7 Å². The molecule has 2 amide bonds. The Morgan fingerprint density at radius 2 is 1.80 bits per heavy atom. The summed E-state index contributed by atoms with van der Waals surface area (Å²) >= 11 is 13.4. The third-order valence-electron chi connectivity index (χ3n) is 5.14. The van der Waals surface area contributed by atoms with Crippen LogP contribution in [0.2, 0.25) is 5.02 Å². The van der Waals surface area contributed by atoms with Gasteiger partial charge < -0.3 is 15.2 Å². The molecule has 1 heterocycles. The van der Waals surface area contributed by atoms with E-state index >= 15 is 0 Å². The van der Waals surface area contributed by atoms with E-state index in [9.17, 15) is 14.4 Å². The number of thioether (sulfide) groups is 1. The Labute approximate surface area is 189 Å². The minimum atomic E-state index is -0.539. The lowest BCUT2D eigenvalue weighted by Gasteiger charge is -2.16. The van der Waals surface area contributed by atoms with Gasteiger partial charge in [0.15, 0.2) is 0 Å². The molecule has 0 bridgehead atoms. The normalized spacial score (nSPS) is 14.2. The topological polar surface area (TPSA) is 80.2 Å². The molecule has 30 heavy (non-hydrogen) atoms. The fourth-order valence-electron chi connectivity index (χ4n) is 3.06. The third kappa shape index (κ3) is 5.39. The van der Waals surface area contributed by atoms with E-state index in [1.807, 2.05) is 6.26 Å². The summed E-state index contributed by atoms with van der Waals surface area (Å²) in [6.07, 6.45) is 4.16. The number of hydrogen-bond acceptors (Lipinski definition) is 4. The second-order valence-corrected chi connectivity index (χ2v) is 9.25. The van der Waals surface area contributed by atoms with Crippen molar-refractivity contribution in [2.75, 3.05) is 18.7 Å². The van der Waals surface area contributed by atoms with Gasteiger partial charge in [-0.1, -0.05) is 23.7 Å². The van der Waals surface area contributed by atoms with Crippen LogP contribution < -0.4 is 16.2 Å². The molecule has 3 rings (SSSR count). The Kier molecular flexibility index (Phi) is 7.50. The predicted octanol–water partition coefficient (Wildman–Crippen LogP) is 3.30. The van der Waals surface area contributed by atoms with Crippen molar-refractivity contribution in [3.8, 4) is 0 Å². The monoisotopic (exact) mass is 467 g/mol. The number of benzene rings is 1. The number of amides is 2. The van der Waals surface area contributed by atoms with Crippen molar-refractivity contribution in [1.29, 1.82) is 0 Å². The van der Waals surface area contributed by atoms with Crippen molar-refractivity contribution in [3.05, 3.63) is 68.6 Å². The third-order valence-corrected chi connectivity index (χ3v) is 6.98. The minimum absolute atomic E-state index is 0.0339. The van der Waals surface area contributed by atoms with Gasteiger partial charge >= 0.3 is 0 Å². The van der Waals surface area contributed by atoms with Gasteiger partial charge in [0.05, 0.1) is 0 Å². The van der Waals surface area contributed by atoms with Crippen LogP contribution in [0.5, 0.6) is 0 Å². The molecule has 0 radical (unpaired) electrons. The molecule has 0 unspecified atom stereocenters. The van der Waals surface area contributed by atoms with Gasteiger partial charge in [-0.15, -0.1) is 11.6 Å². The average Bonchev–Trinajstić information content (AvgIpc) is 3.53. The molecule has 1 aromatic carbocycles. The molecule has 2 aromatic rings. The van der Waals surface area contributed by atoms with Crippen LogP contribution in [0.3, 0.4) is 0 Å². The van der Waals surface area contributed by atoms with Crippen LogP contribution in [-0.2, 0) is 13.1 Å². The highest BCUT2D eigenvalue weighted by Gasteiger charge is 2.42. The summed E-state index contributed by atoms with van der Waals surface area (Å²) in [5.41, 5.74) is 0.482. The maximum atomic E-state index is 12.9. The number of carbonyl (C=O) groups excluding carboxylic acids is 2. The largest absolute Gasteiger partial charge is 0.349 e. The summed E-state index contributed by atoms with van der Waals surface area (Å²) in [6, 6.07) is 9.94. The quantitative estimate of drug-likeness (QED) is 0.554. The molecule has 1 saturated carbocycles. The van der Waals surface area contributed by atoms with E-state index in [-0.39, 0.29) is 40.9 Å². The number of carbonyl (C=O) groups is 2. The highest BCUT2D eigenvalue weighted by Crippen LogP contribution is 2.46. The Balaban J connectivity index is 1.74. The number of pyridine rings is 1. The van der Waals surface area contributed by atoms with Crippen molar-refractivity contribution >= 4 is 46.8 Å². The minimum Gasteiger partial charge on any atom is -0.349 e. The van der Waals surface area contributed by atoms with E-state index in [2.05, 4.69) is 10.6 Å². The molecule has 160 valence electrons. The zero-order valence-electron chi connectivity index (χ0n) is 16.5. The Hall–Kier alpha value is -1.96. The summed E-state index contributed by atoms with van der Waals surface area (Å²) in [4.78, 5) is 38.1. The maximum Gasteiger partial charge on any atom is 0.268 e. The fraction of sp³-hybridized carbons (Fsp3) is 0.381. The number of nitrogens with zero attached hydrogens (tertiary/aromatic N) is 1. The fourth-order valence-corrected chi connectivity index (χ4v) is 4.08. The van der Waals surface area contributed by atoms with Gasteiger partial charge in [-0.05, 0) is 48.9 Å². The van der Waals surface area contributed by atoms with Gasteiger partial charge in [0, 0.05) is 35.3 Å². The van der Waals surface area contributed by atoms with Gasteiger partial charge in [0.25, 0.3) is 17.4 Å². The first-order chi connectivity index (χ1) is 14.4. The second-order valence-electron chi connectivity index (χ2n) is 7.16. The van der Waals surface area contributed by atoms with E-state index in [1.54, 1.807) is 36.0 Å². The molecule has 1 aromatic heterocycles. The lowest BCUT2D eigenvalue weighted by atomic mass is 10.2. The average molecular weight is 468 g/mol. The number of hydrogen-bond donors (Lipinski definition) is 2. The summed E-state index contributed by atoms with van der Waals surface area (Å²) < 4.78 is 1.37. The molecule has 2 N–H and O–H groups in total. The molecule has 1 fully saturated rings. The molecule has 9 heteroatoms. The number of aromatic nitrogens is 1. The first kappa shape index (κ1) is 22.7. The van der Waals surface area contributed by atoms with Crippen LogP contribution in [0.15, 0.2) is 41.2 Å². The number of nitrogens with one attached hydrogen (secondary N) is 2. The van der Waals surface area contributed by atoms with Crippen LogP contribution in [0, 0.1) is 0 Å². The predicted molar refractivity (Wildman–Crippen MR) is 122 cm³/mol. The van der Waals surface area contributed by atoms with Crippen molar-refractivity contribution in [2.45, 2.75) is 30.7 Å². The lowest BCUT2D eigenvalue weighted by Crippen LogP contribution is -2.39. The van der Waals surface area contributed by atoms with Crippen LogP contribution in [0.4, 0.5) is 0 Å². The number of halogens is 2. The van der Waals surface area contributed by atoms with E-state index in [4.69, 9.17) is 23.2 Å². The summed E-state index contributed by atoms with van der Waals surface area (Å²) in [6.45, 7) is 0.935. The van der Waals surface area contributed by atoms with Crippen molar-refractivity contribution in [3.63, 3.8) is 0 Å². The highest BCUT2D eigenvalue weighted by molar-refractivity contribution is 8.00. The molecule has 0 saturated heterocycles. The molecule has 0 spiro atoms. The Morgan fingerprint density at radius 3 is 2.40 bits per heavy atom. The van der Waals surface area contributed by atoms with Gasteiger partial charge in [-0.2, -0.15) is 11.8 Å². The van der Waals surface area contributed by atoms with E-state index < -0.39 is 11.5 Å². The Morgan fingerprint density at radius 1 is 1.10 bits per heavy atom. The zero-order chi connectivity index (χ0) is 21.7. The number of alkyl halides is 1. The molecule has 6 nitrogen and oxygen atoms in total. The van der Waals surface area contributed by atoms with E-state index in [0.717, 1.165) is 18.4 Å². The lowest BCUT2D eigenvalue weighted by molar-refractivity contribution is 0.0930. The summed E-state index contributed by atoms with van der Waals surface area (Å²) in [7, 11) is 0. The summed E-state index contributed by atoms with van der Waals surface area (Å²) in [5.74, 6) is -0.708. The molecule has 1 aliphatic carbocycles.